The standard InChI is InChI=1S/C29H28N2O8/c1-12-7-4-5-8-13(12)11-15-14-9-6-10-16(32)17(14)23(33)19-18(15)24(34)21-22(31(2)3)25(35)20(28(30)38)27(37)29(21,39)26(19)36/h4-11,18,21-22,24,32,34-36,39H,1-3H3,(H2,30,38)/b15-11+. The number of nitrogens with zero attached hydrogens (tertiary/aromatic N) is 1. The van der Waals surface area contributed by atoms with Crippen LogP contribution in [0.5, 0.6) is 5.75 Å². The minimum atomic E-state index is -2.97. The van der Waals surface area contributed by atoms with Gasteiger partial charge < -0.3 is 31.3 Å². The van der Waals surface area contributed by atoms with E-state index in [1.165, 1.54) is 31.1 Å². The molecule has 10 heteroatoms. The van der Waals surface area contributed by atoms with Gasteiger partial charge in [-0.3, -0.25) is 19.3 Å². The third-order valence-corrected chi connectivity index (χ3v) is 8.03. The Morgan fingerprint density at radius 3 is 2.33 bits per heavy atom. The summed E-state index contributed by atoms with van der Waals surface area (Å²) in [6, 6.07) is 10.4. The summed E-state index contributed by atoms with van der Waals surface area (Å²) in [6.45, 7) is 1.87. The zero-order valence-corrected chi connectivity index (χ0v) is 21.4. The topological polar surface area (TPSA) is 182 Å². The molecule has 5 rings (SSSR count). The van der Waals surface area contributed by atoms with Gasteiger partial charge in [-0.1, -0.05) is 42.5 Å². The molecule has 2 aromatic carbocycles. The summed E-state index contributed by atoms with van der Waals surface area (Å²) >= 11 is 0. The Labute approximate surface area is 223 Å². The van der Waals surface area contributed by atoms with Crippen molar-refractivity contribution in [3.8, 4) is 5.75 Å². The first-order valence-electron chi connectivity index (χ1n) is 12.3. The number of carbonyl (C=O) groups excluding carboxylic acids is 3. The molecule has 3 aliphatic carbocycles. The summed E-state index contributed by atoms with van der Waals surface area (Å²) < 4.78 is 0. The second-order valence-electron chi connectivity index (χ2n) is 10.4. The maximum absolute atomic E-state index is 13.8. The molecule has 0 aliphatic heterocycles. The normalized spacial score (nSPS) is 29.4. The Balaban J connectivity index is 1.88. The third-order valence-electron chi connectivity index (χ3n) is 8.03. The van der Waals surface area contributed by atoms with Crippen LogP contribution in [0.15, 0.2) is 65.1 Å². The lowest BCUT2D eigenvalue weighted by molar-refractivity contribution is -0.159. The number of hydrogen-bond acceptors (Lipinski definition) is 9. The highest BCUT2D eigenvalue weighted by molar-refractivity contribution is 6.25. The number of rotatable bonds is 3. The molecule has 0 radical (unpaired) electrons. The number of aliphatic hydroxyl groups is 4. The van der Waals surface area contributed by atoms with E-state index in [1.54, 1.807) is 18.2 Å². The van der Waals surface area contributed by atoms with Crippen molar-refractivity contribution in [3.63, 3.8) is 0 Å². The third kappa shape index (κ3) is 3.49. The number of amides is 1. The van der Waals surface area contributed by atoms with Crippen LogP contribution in [0.4, 0.5) is 0 Å². The van der Waals surface area contributed by atoms with E-state index < -0.39 is 75.5 Å². The molecule has 0 fully saturated rings. The molecule has 202 valence electrons. The average Bonchev–Trinajstić information content (AvgIpc) is 2.86. The van der Waals surface area contributed by atoms with Gasteiger partial charge >= 0.3 is 0 Å². The second kappa shape index (κ2) is 8.91. The fourth-order valence-electron chi connectivity index (χ4n) is 6.23. The van der Waals surface area contributed by atoms with E-state index >= 15 is 0 Å². The predicted octanol–water partition coefficient (Wildman–Crippen LogP) is 1.40. The van der Waals surface area contributed by atoms with Gasteiger partial charge in [0.25, 0.3) is 5.91 Å². The van der Waals surface area contributed by atoms with Gasteiger partial charge in [-0.25, -0.2) is 0 Å². The van der Waals surface area contributed by atoms with Gasteiger partial charge in [0.05, 0.1) is 29.2 Å². The molecule has 0 saturated carbocycles. The quantitative estimate of drug-likeness (QED) is 0.318. The zero-order chi connectivity index (χ0) is 28.5. The van der Waals surface area contributed by atoms with Gasteiger partial charge in [-0.15, -0.1) is 0 Å². The Hall–Kier alpha value is -4.25. The van der Waals surface area contributed by atoms with Gasteiger partial charge in [0.2, 0.25) is 5.78 Å². The summed E-state index contributed by atoms with van der Waals surface area (Å²) in [7, 11) is 2.98. The number of likely N-dealkylation sites (N-methyl/N-ethyl adjacent to an activating group) is 1. The number of benzene rings is 2. The molecule has 0 saturated heterocycles. The molecule has 10 nitrogen and oxygen atoms in total. The van der Waals surface area contributed by atoms with Crippen molar-refractivity contribution in [2.45, 2.75) is 24.7 Å². The van der Waals surface area contributed by atoms with E-state index in [2.05, 4.69) is 0 Å². The molecule has 0 aromatic heterocycles. The number of aryl methyl sites for hydroxylation is 1. The van der Waals surface area contributed by atoms with Gasteiger partial charge in [0.15, 0.2) is 11.4 Å². The Morgan fingerprint density at radius 2 is 1.72 bits per heavy atom. The lowest BCUT2D eigenvalue weighted by Gasteiger charge is -2.52. The SMILES string of the molecule is Cc1ccccc1/C=C1\c2cccc(O)c2C(=O)C2=C(O)C3(O)C(=O)C(C(N)=O)=C(O)C(N(C)C)C3C(O)C21. The molecule has 7 N–H and O–H groups in total. The molecule has 1 amide bonds. The summed E-state index contributed by atoms with van der Waals surface area (Å²) in [4.78, 5) is 40.9. The maximum Gasteiger partial charge on any atom is 0.255 e. The summed E-state index contributed by atoms with van der Waals surface area (Å²) in [5.41, 5.74) is 3.02. The number of fused-ring (bicyclic) bond motifs is 3. The number of aromatic hydroxyl groups is 1. The summed E-state index contributed by atoms with van der Waals surface area (Å²) in [5.74, 6) is -8.77. The number of primary amides is 1. The number of phenolic OH excluding ortho intramolecular Hbond substituents is 1. The first kappa shape index (κ1) is 26.4. The average molecular weight is 533 g/mol. The highest BCUT2D eigenvalue weighted by Crippen LogP contribution is 2.55. The molecule has 5 unspecified atom stereocenters. The maximum atomic E-state index is 13.8. The highest BCUT2D eigenvalue weighted by atomic mass is 16.4. The number of carbonyl (C=O) groups is 3. The molecule has 3 aliphatic rings. The number of nitrogens with two attached hydrogens (primary N) is 1. The van der Waals surface area contributed by atoms with Crippen LogP contribution in [-0.4, -0.2) is 79.7 Å². The Kier molecular flexibility index (Phi) is 6.02. The minimum absolute atomic E-state index is 0.176. The lowest BCUT2D eigenvalue weighted by Crippen LogP contribution is -2.68. The number of ketones is 2. The Morgan fingerprint density at radius 1 is 1.05 bits per heavy atom. The van der Waals surface area contributed by atoms with Crippen molar-refractivity contribution in [1.82, 2.24) is 4.90 Å². The van der Waals surface area contributed by atoms with Crippen LogP contribution < -0.4 is 5.73 Å². The van der Waals surface area contributed by atoms with Crippen LogP contribution in [0.25, 0.3) is 11.6 Å². The van der Waals surface area contributed by atoms with E-state index in [0.717, 1.165) is 11.1 Å². The summed E-state index contributed by atoms with van der Waals surface area (Å²) in [5, 5.41) is 56.9. The molecule has 39 heavy (non-hydrogen) atoms. The van der Waals surface area contributed by atoms with E-state index in [0.29, 0.717) is 11.1 Å². The monoisotopic (exact) mass is 532 g/mol. The van der Waals surface area contributed by atoms with Crippen LogP contribution in [0, 0.1) is 18.8 Å². The van der Waals surface area contributed by atoms with Gasteiger partial charge in [-0.2, -0.15) is 0 Å². The van der Waals surface area contributed by atoms with Gasteiger partial charge in [0, 0.05) is 5.92 Å². The summed E-state index contributed by atoms with van der Waals surface area (Å²) in [6.07, 6.45) is -0.00521. The molecule has 2 aromatic rings. The van der Waals surface area contributed by atoms with Crippen molar-refractivity contribution >= 4 is 29.1 Å². The van der Waals surface area contributed by atoms with Crippen LogP contribution in [-0.2, 0) is 9.59 Å². The van der Waals surface area contributed by atoms with E-state index in [1.807, 2.05) is 25.1 Å². The molecule has 0 heterocycles. The van der Waals surface area contributed by atoms with Gasteiger partial charge in [0.1, 0.15) is 22.8 Å². The minimum Gasteiger partial charge on any atom is -0.510 e. The largest absolute Gasteiger partial charge is 0.510 e. The van der Waals surface area contributed by atoms with Crippen LogP contribution >= 0.6 is 0 Å². The first-order chi connectivity index (χ1) is 18.3. The number of aliphatic hydroxyl groups excluding tert-OH is 3. The molecule has 0 bridgehead atoms. The van der Waals surface area contributed by atoms with Crippen LogP contribution in [0.3, 0.4) is 0 Å². The number of Topliss-reactive ketones (excluding diaryl/α,β-unsaturated/α-hetero) is 2. The van der Waals surface area contributed by atoms with E-state index in [-0.39, 0.29) is 5.56 Å². The lowest BCUT2D eigenvalue weighted by atomic mass is 9.56. The van der Waals surface area contributed by atoms with E-state index in [4.69, 9.17) is 5.73 Å². The van der Waals surface area contributed by atoms with Crippen molar-refractivity contribution in [2.24, 2.45) is 17.6 Å². The predicted molar refractivity (Wildman–Crippen MR) is 140 cm³/mol. The molecular weight excluding hydrogens is 504 g/mol. The first-order valence-corrected chi connectivity index (χ1v) is 12.3. The highest BCUT2D eigenvalue weighted by Gasteiger charge is 2.67. The second-order valence-corrected chi connectivity index (χ2v) is 10.4. The fraction of sp³-hybridized carbons (Fsp3) is 0.276. The zero-order valence-electron chi connectivity index (χ0n) is 21.4. The Bertz CT molecular complexity index is 1550. The van der Waals surface area contributed by atoms with Crippen LogP contribution in [0.1, 0.15) is 27.0 Å². The number of hydrogen-bond donors (Lipinski definition) is 6. The fourth-order valence-corrected chi connectivity index (χ4v) is 6.23. The molecular formula is C29H28N2O8. The van der Waals surface area contributed by atoms with Gasteiger partial charge in [-0.05, 0) is 49.3 Å². The van der Waals surface area contributed by atoms with Crippen molar-refractivity contribution in [1.29, 1.82) is 0 Å². The number of phenols is 1. The van der Waals surface area contributed by atoms with Crippen molar-refractivity contribution in [3.05, 3.63) is 87.4 Å². The smallest absolute Gasteiger partial charge is 0.255 e. The van der Waals surface area contributed by atoms with Crippen molar-refractivity contribution in [2.75, 3.05) is 14.1 Å². The van der Waals surface area contributed by atoms with Crippen molar-refractivity contribution < 1.29 is 39.9 Å². The molecule has 5 atom stereocenters. The molecule has 0 spiro atoms. The van der Waals surface area contributed by atoms with E-state index in [9.17, 15) is 39.9 Å². The van der Waals surface area contributed by atoms with Crippen LogP contribution in [0.2, 0.25) is 0 Å².